The van der Waals surface area contributed by atoms with E-state index in [1.807, 2.05) is 36.1 Å². The maximum absolute atomic E-state index is 13.9. The second-order valence-electron chi connectivity index (χ2n) is 6.90. The van der Waals surface area contributed by atoms with Crippen molar-refractivity contribution in [1.29, 1.82) is 0 Å². The van der Waals surface area contributed by atoms with Crippen molar-refractivity contribution < 1.29 is 14.3 Å². The minimum absolute atomic E-state index is 0.0526. The average Bonchev–Trinajstić information content (AvgIpc) is 2.69. The Labute approximate surface area is 160 Å². The topological polar surface area (TPSA) is 74.6 Å². The number of fused-ring (bicyclic) bond motifs is 1. The molecule has 0 bridgehead atoms. The van der Waals surface area contributed by atoms with Gasteiger partial charge in [-0.3, -0.25) is 9.36 Å². The maximum Gasteiger partial charge on any atom is 0.343 e. The minimum atomic E-state index is -1.31. The fourth-order valence-electron chi connectivity index (χ4n) is 3.67. The number of hydrogen-bond acceptors (Lipinski definition) is 4. The van der Waals surface area contributed by atoms with Crippen LogP contribution in [0.1, 0.15) is 15.9 Å². The van der Waals surface area contributed by atoms with Crippen LogP contribution in [0, 0.1) is 12.7 Å². The van der Waals surface area contributed by atoms with Gasteiger partial charge in [-0.1, -0.05) is 17.7 Å². The standard InChI is InChI=1S/C21H20FN3O3/c1-13-2-5-15(6-3-13)25-17-7-4-14(22)12-16(17)19(26)18(21(27)28)20(25)24-10-8-23-9-11-24/h2-7,12,23H,8-11H2,1H3,(H,27,28). The molecule has 3 aromatic rings. The summed E-state index contributed by atoms with van der Waals surface area (Å²) >= 11 is 0. The molecule has 1 fully saturated rings. The number of halogens is 1. The van der Waals surface area contributed by atoms with Crippen molar-refractivity contribution in [3.05, 3.63) is 69.6 Å². The van der Waals surface area contributed by atoms with E-state index in [1.54, 1.807) is 4.57 Å². The van der Waals surface area contributed by atoms with Gasteiger partial charge in [0, 0.05) is 37.3 Å². The SMILES string of the molecule is Cc1ccc(-n2c(N3CCNCC3)c(C(=O)O)c(=O)c3cc(F)ccc32)cc1. The van der Waals surface area contributed by atoms with E-state index in [2.05, 4.69) is 5.32 Å². The predicted molar refractivity (Wildman–Crippen MR) is 106 cm³/mol. The van der Waals surface area contributed by atoms with E-state index < -0.39 is 17.2 Å². The lowest BCUT2D eigenvalue weighted by molar-refractivity contribution is 0.0695. The smallest absolute Gasteiger partial charge is 0.343 e. The molecular formula is C21H20FN3O3. The summed E-state index contributed by atoms with van der Waals surface area (Å²) in [7, 11) is 0. The van der Waals surface area contributed by atoms with Crippen molar-refractivity contribution in [1.82, 2.24) is 9.88 Å². The van der Waals surface area contributed by atoms with E-state index in [1.165, 1.54) is 12.1 Å². The molecule has 28 heavy (non-hydrogen) atoms. The number of aromatic nitrogens is 1. The van der Waals surface area contributed by atoms with Gasteiger partial charge < -0.3 is 15.3 Å². The van der Waals surface area contributed by atoms with Gasteiger partial charge in [0.05, 0.1) is 5.52 Å². The molecule has 0 spiro atoms. The summed E-state index contributed by atoms with van der Waals surface area (Å²) in [6.45, 7) is 4.46. The second-order valence-corrected chi connectivity index (χ2v) is 6.90. The van der Waals surface area contributed by atoms with Crippen molar-refractivity contribution in [3.8, 4) is 5.69 Å². The molecule has 0 aliphatic carbocycles. The number of carboxylic acids is 1. The molecule has 1 aromatic heterocycles. The average molecular weight is 381 g/mol. The Bertz CT molecular complexity index is 1120. The molecule has 7 heteroatoms. The zero-order valence-electron chi connectivity index (χ0n) is 15.4. The molecule has 1 saturated heterocycles. The Morgan fingerprint density at radius 2 is 1.79 bits per heavy atom. The number of carbonyl (C=O) groups is 1. The van der Waals surface area contributed by atoms with Crippen LogP contribution in [-0.2, 0) is 0 Å². The highest BCUT2D eigenvalue weighted by atomic mass is 19.1. The normalized spacial score (nSPS) is 14.4. The quantitative estimate of drug-likeness (QED) is 0.729. The number of benzene rings is 2. The number of piperazine rings is 1. The molecule has 4 rings (SSSR count). The van der Waals surface area contributed by atoms with E-state index in [-0.39, 0.29) is 10.9 Å². The number of pyridine rings is 1. The Morgan fingerprint density at radius 3 is 2.43 bits per heavy atom. The molecule has 6 nitrogen and oxygen atoms in total. The van der Waals surface area contributed by atoms with Crippen LogP contribution in [0.5, 0.6) is 0 Å². The minimum Gasteiger partial charge on any atom is -0.477 e. The molecule has 1 aliphatic rings. The number of nitrogens with zero attached hydrogens (tertiary/aromatic N) is 2. The molecule has 144 valence electrons. The van der Waals surface area contributed by atoms with Crippen LogP contribution in [0.15, 0.2) is 47.3 Å². The van der Waals surface area contributed by atoms with Crippen molar-refractivity contribution in [2.75, 3.05) is 31.1 Å². The Hall–Kier alpha value is -3.19. The summed E-state index contributed by atoms with van der Waals surface area (Å²) in [5, 5.41) is 13.2. The fraction of sp³-hybridized carbons (Fsp3) is 0.238. The van der Waals surface area contributed by atoms with Gasteiger partial charge in [-0.2, -0.15) is 0 Å². The number of aryl methyl sites for hydroxylation is 1. The summed E-state index contributed by atoms with van der Waals surface area (Å²) in [5.41, 5.74) is 1.26. The number of anilines is 1. The Balaban J connectivity index is 2.16. The Morgan fingerprint density at radius 1 is 1.11 bits per heavy atom. The first-order valence-electron chi connectivity index (χ1n) is 9.11. The van der Waals surface area contributed by atoms with E-state index in [4.69, 9.17) is 0 Å². The van der Waals surface area contributed by atoms with Crippen LogP contribution in [0.4, 0.5) is 10.2 Å². The first kappa shape index (κ1) is 18.2. The molecule has 2 N–H and O–H groups in total. The maximum atomic E-state index is 13.9. The van der Waals surface area contributed by atoms with Crippen LogP contribution in [0.25, 0.3) is 16.6 Å². The molecule has 0 atom stereocenters. The monoisotopic (exact) mass is 381 g/mol. The summed E-state index contributed by atoms with van der Waals surface area (Å²) in [5.74, 6) is -1.56. The third-order valence-electron chi connectivity index (χ3n) is 5.03. The molecule has 0 saturated carbocycles. The number of carboxylic acid groups (broad SMARTS) is 1. The molecule has 1 aliphatic heterocycles. The van der Waals surface area contributed by atoms with Crippen molar-refractivity contribution in [3.63, 3.8) is 0 Å². The summed E-state index contributed by atoms with van der Waals surface area (Å²) in [4.78, 5) is 27.0. The van der Waals surface area contributed by atoms with Crippen molar-refractivity contribution in [2.45, 2.75) is 6.92 Å². The third-order valence-corrected chi connectivity index (χ3v) is 5.03. The first-order valence-corrected chi connectivity index (χ1v) is 9.11. The highest BCUT2D eigenvalue weighted by Crippen LogP contribution is 2.29. The van der Waals surface area contributed by atoms with Gasteiger partial charge in [-0.25, -0.2) is 9.18 Å². The Kier molecular flexibility index (Phi) is 4.60. The predicted octanol–water partition coefficient (Wildman–Crippen LogP) is 2.55. The van der Waals surface area contributed by atoms with Gasteiger partial charge in [0.25, 0.3) is 0 Å². The number of hydrogen-bond donors (Lipinski definition) is 2. The van der Waals surface area contributed by atoms with Crippen molar-refractivity contribution in [2.24, 2.45) is 0 Å². The molecule has 2 aromatic carbocycles. The lowest BCUT2D eigenvalue weighted by Crippen LogP contribution is -2.46. The van der Waals surface area contributed by atoms with Crippen LogP contribution in [0.3, 0.4) is 0 Å². The molecular weight excluding hydrogens is 361 g/mol. The molecule has 0 radical (unpaired) electrons. The van der Waals surface area contributed by atoms with Crippen LogP contribution in [0.2, 0.25) is 0 Å². The molecule has 2 heterocycles. The first-order chi connectivity index (χ1) is 13.5. The van der Waals surface area contributed by atoms with Crippen LogP contribution in [-0.4, -0.2) is 41.8 Å². The second kappa shape index (κ2) is 7.09. The van der Waals surface area contributed by atoms with E-state index in [9.17, 15) is 19.1 Å². The summed E-state index contributed by atoms with van der Waals surface area (Å²) in [6, 6.07) is 11.5. The summed E-state index contributed by atoms with van der Waals surface area (Å²) < 4.78 is 15.6. The van der Waals surface area contributed by atoms with E-state index >= 15 is 0 Å². The zero-order valence-corrected chi connectivity index (χ0v) is 15.4. The van der Waals surface area contributed by atoms with Gasteiger partial charge in [-0.15, -0.1) is 0 Å². The fourth-order valence-corrected chi connectivity index (χ4v) is 3.67. The van der Waals surface area contributed by atoms with Crippen molar-refractivity contribution >= 4 is 22.7 Å². The van der Waals surface area contributed by atoms with Gasteiger partial charge in [0.2, 0.25) is 5.43 Å². The highest BCUT2D eigenvalue weighted by Gasteiger charge is 2.27. The lowest BCUT2D eigenvalue weighted by Gasteiger charge is -2.33. The van der Waals surface area contributed by atoms with E-state index in [0.717, 1.165) is 17.3 Å². The van der Waals surface area contributed by atoms with E-state index in [0.29, 0.717) is 37.5 Å². The third kappa shape index (κ3) is 3.03. The van der Waals surface area contributed by atoms with Gasteiger partial charge in [0.1, 0.15) is 17.2 Å². The zero-order chi connectivity index (χ0) is 19.8. The number of nitrogens with one attached hydrogen (secondary N) is 1. The van der Waals surface area contributed by atoms with Crippen LogP contribution >= 0.6 is 0 Å². The van der Waals surface area contributed by atoms with Gasteiger partial charge >= 0.3 is 5.97 Å². The lowest BCUT2D eigenvalue weighted by atomic mass is 10.1. The summed E-state index contributed by atoms with van der Waals surface area (Å²) in [6.07, 6.45) is 0. The van der Waals surface area contributed by atoms with Gasteiger partial charge in [0.15, 0.2) is 0 Å². The highest BCUT2D eigenvalue weighted by molar-refractivity contribution is 5.99. The van der Waals surface area contributed by atoms with Gasteiger partial charge in [-0.05, 0) is 37.3 Å². The molecule has 0 amide bonds. The number of aromatic carboxylic acids is 1. The number of rotatable bonds is 3. The molecule has 0 unspecified atom stereocenters. The largest absolute Gasteiger partial charge is 0.477 e. The van der Waals surface area contributed by atoms with Crippen LogP contribution < -0.4 is 15.6 Å².